The minimum absolute atomic E-state index is 0.0811. The molecule has 3 heterocycles. The van der Waals surface area contributed by atoms with Crippen LogP contribution in [0, 0.1) is 5.82 Å². The number of fused-ring (bicyclic) bond motifs is 1. The summed E-state index contributed by atoms with van der Waals surface area (Å²) < 4.78 is 14.7. The van der Waals surface area contributed by atoms with Gasteiger partial charge in [0.25, 0.3) is 0 Å². The van der Waals surface area contributed by atoms with Crippen molar-refractivity contribution in [3.63, 3.8) is 0 Å². The molecule has 0 radical (unpaired) electrons. The molecule has 1 aliphatic rings. The molecule has 0 spiro atoms. The van der Waals surface area contributed by atoms with Gasteiger partial charge < -0.3 is 14.6 Å². The molecule has 3 rings (SSSR count). The van der Waals surface area contributed by atoms with E-state index < -0.39 is 0 Å². The van der Waals surface area contributed by atoms with Crippen molar-refractivity contribution in [1.29, 1.82) is 0 Å². The molecule has 5 nitrogen and oxygen atoms in total. The van der Waals surface area contributed by atoms with Gasteiger partial charge in [0.1, 0.15) is 11.5 Å². The Morgan fingerprint density at radius 2 is 2.20 bits per heavy atom. The van der Waals surface area contributed by atoms with Crippen molar-refractivity contribution >= 4 is 11.6 Å². The second-order valence-electron chi connectivity index (χ2n) is 5.01. The van der Waals surface area contributed by atoms with Crippen molar-refractivity contribution in [3.05, 3.63) is 36.0 Å². The Morgan fingerprint density at radius 3 is 3.10 bits per heavy atom. The number of carbonyl (C=O) groups excluding carboxylic acids is 1. The maximum Gasteiger partial charge on any atom is 0.228 e. The van der Waals surface area contributed by atoms with Crippen LogP contribution in [-0.4, -0.2) is 46.4 Å². The zero-order valence-corrected chi connectivity index (χ0v) is 11.2. The molecular weight excluding hydrogens is 259 g/mol. The third kappa shape index (κ3) is 2.80. The first-order chi connectivity index (χ1) is 9.72. The third-order valence-electron chi connectivity index (χ3n) is 3.49. The SMILES string of the molecule is O=C(Cc1cn2cc(F)ccc2n1)N1CCCNCC1. The van der Waals surface area contributed by atoms with Crippen LogP contribution in [0.4, 0.5) is 4.39 Å². The summed E-state index contributed by atoms with van der Waals surface area (Å²) >= 11 is 0. The summed E-state index contributed by atoms with van der Waals surface area (Å²) in [6, 6.07) is 2.98. The standard InChI is InChI=1S/C14H17FN4O/c15-11-2-3-13-17-12(10-19(13)9-11)8-14(20)18-6-1-4-16-5-7-18/h2-3,9-10,16H,1,4-8H2. The number of rotatable bonds is 2. The van der Waals surface area contributed by atoms with Crippen LogP contribution >= 0.6 is 0 Å². The highest BCUT2D eigenvalue weighted by molar-refractivity contribution is 5.78. The van der Waals surface area contributed by atoms with E-state index >= 15 is 0 Å². The number of nitrogens with one attached hydrogen (secondary N) is 1. The van der Waals surface area contributed by atoms with Gasteiger partial charge in [0.05, 0.1) is 12.1 Å². The van der Waals surface area contributed by atoms with E-state index in [4.69, 9.17) is 0 Å². The normalized spacial score (nSPS) is 16.4. The van der Waals surface area contributed by atoms with Gasteiger partial charge in [0, 0.05) is 32.0 Å². The number of carbonyl (C=O) groups is 1. The number of halogens is 1. The number of amides is 1. The van der Waals surface area contributed by atoms with Gasteiger partial charge in [-0.05, 0) is 25.1 Å². The Hall–Kier alpha value is -1.95. The van der Waals surface area contributed by atoms with E-state index in [2.05, 4.69) is 10.3 Å². The van der Waals surface area contributed by atoms with Crippen LogP contribution in [0.5, 0.6) is 0 Å². The molecule has 1 aliphatic heterocycles. The second-order valence-corrected chi connectivity index (χ2v) is 5.01. The van der Waals surface area contributed by atoms with Gasteiger partial charge in [-0.25, -0.2) is 9.37 Å². The Balaban J connectivity index is 1.73. The molecule has 0 aromatic carbocycles. The third-order valence-corrected chi connectivity index (χ3v) is 3.49. The first kappa shape index (κ1) is 13.1. The first-order valence-corrected chi connectivity index (χ1v) is 6.84. The maximum atomic E-state index is 13.1. The van der Waals surface area contributed by atoms with Gasteiger partial charge in [-0.2, -0.15) is 0 Å². The van der Waals surface area contributed by atoms with Crippen molar-refractivity contribution in [3.8, 4) is 0 Å². The number of imidazole rings is 1. The van der Waals surface area contributed by atoms with Gasteiger partial charge in [0.15, 0.2) is 0 Å². The number of aromatic nitrogens is 2. The molecule has 2 aromatic heterocycles. The van der Waals surface area contributed by atoms with E-state index in [9.17, 15) is 9.18 Å². The second kappa shape index (κ2) is 5.58. The lowest BCUT2D eigenvalue weighted by atomic mass is 10.3. The first-order valence-electron chi connectivity index (χ1n) is 6.84. The smallest absolute Gasteiger partial charge is 0.228 e. The van der Waals surface area contributed by atoms with E-state index in [1.54, 1.807) is 16.7 Å². The summed E-state index contributed by atoms with van der Waals surface area (Å²) in [5, 5.41) is 3.27. The summed E-state index contributed by atoms with van der Waals surface area (Å²) in [6.45, 7) is 3.31. The van der Waals surface area contributed by atoms with Gasteiger partial charge in [-0.3, -0.25) is 4.79 Å². The Bertz CT molecular complexity index is 617. The predicted octanol–water partition coefficient (Wildman–Crippen LogP) is 0.838. The van der Waals surface area contributed by atoms with E-state index in [1.807, 2.05) is 4.90 Å². The lowest BCUT2D eigenvalue weighted by Gasteiger charge is -2.19. The molecule has 0 unspecified atom stereocenters. The van der Waals surface area contributed by atoms with Gasteiger partial charge in [-0.15, -0.1) is 0 Å². The van der Waals surface area contributed by atoms with Crippen LogP contribution in [-0.2, 0) is 11.2 Å². The van der Waals surface area contributed by atoms with Crippen molar-refractivity contribution in [1.82, 2.24) is 19.6 Å². The minimum atomic E-state index is -0.314. The highest BCUT2D eigenvalue weighted by atomic mass is 19.1. The van der Waals surface area contributed by atoms with E-state index in [1.165, 1.54) is 12.3 Å². The van der Waals surface area contributed by atoms with Crippen molar-refractivity contribution in [2.75, 3.05) is 26.2 Å². The van der Waals surface area contributed by atoms with Crippen LogP contribution < -0.4 is 5.32 Å². The maximum absolute atomic E-state index is 13.1. The molecule has 2 aromatic rings. The molecule has 0 saturated carbocycles. The summed E-state index contributed by atoms with van der Waals surface area (Å²) in [6.07, 6.45) is 4.32. The highest BCUT2D eigenvalue weighted by Crippen LogP contribution is 2.09. The summed E-state index contributed by atoms with van der Waals surface area (Å²) in [4.78, 5) is 18.4. The molecule has 1 saturated heterocycles. The van der Waals surface area contributed by atoms with Gasteiger partial charge in [-0.1, -0.05) is 0 Å². The number of pyridine rings is 1. The molecular formula is C14H17FN4O. The van der Waals surface area contributed by atoms with E-state index in [0.717, 1.165) is 32.6 Å². The Morgan fingerprint density at radius 1 is 1.30 bits per heavy atom. The summed E-state index contributed by atoms with van der Waals surface area (Å²) in [5.74, 6) is -0.232. The molecule has 1 amide bonds. The van der Waals surface area contributed by atoms with Crippen LogP contribution in [0.25, 0.3) is 5.65 Å². The molecule has 6 heteroatoms. The fraction of sp³-hybridized carbons (Fsp3) is 0.429. The molecule has 20 heavy (non-hydrogen) atoms. The molecule has 0 bridgehead atoms. The molecule has 1 N–H and O–H groups in total. The topological polar surface area (TPSA) is 49.6 Å². The average Bonchev–Trinajstić information content (AvgIpc) is 2.64. The fourth-order valence-electron chi connectivity index (χ4n) is 2.46. The monoisotopic (exact) mass is 276 g/mol. The number of hydrogen-bond donors (Lipinski definition) is 1. The quantitative estimate of drug-likeness (QED) is 0.884. The van der Waals surface area contributed by atoms with Crippen LogP contribution in [0.2, 0.25) is 0 Å². The van der Waals surface area contributed by atoms with Gasteiger partial charge >= 0.3 is 0 Å². The highest BCUT2D eigenvalue weighted by Gasteiger charge is 2.16. The zero-order chi connectivity index (χ0) is 13.9. The predicted molar refractivity (Wildman–Crippen MR) is 72.9 cm³/mol. The minimum Gasteiger partial charge on any atom is -0.341 e. The fourth-order valence-corrected chi connectivity index (χ4v) is 2.46. The summed E-state index contributed by atoms with van der Waals surface area (Å²) in [5.41, 5.74) is 1.34. The number of nitrogens with zero attached hydrogens (tertiary/aromatic N) is 3. The Kier molecular flexibility index (Phi) is 3.64. The zero-order valence-electron chi connectivity index (χ0n) is 11.2. The molecule has 1 fully saturated rings. The van der Waals surface area contributed by atoms with Crippen LogP contribution in [0.3, 0.4) is 0 Å². The van der Waals surface area contributed by atoms with Crippen molar-refractivity contribution < 1.29 is 9.18 Å². The van der Waals surface area contributed by atoms with Crippen LogP contribution in [0.1, 0.15) is 12.1 Å². The van der Waals surface area contributed by atoms with Gasteiger partial charge in [0.2, 0.25) is 5.91 Å². The van der Waals surface area contributed by atoms with Crippen LogP contribution in [0.15, 0.2) is 24.5 Å². The Labute approximate surface area is 116 Å². The summed E-state index contributed by atoms with van der Waals surface area (Å²) in [7, 11) is 0. The number of hydrogen-bond acceptors (Lipinski definition) is 3. The molecule has 0 atom stereocenters. The lowest BCUT2D eigenvalue weighted by Crippen LogP contribution is -2.35. The van der Waals surface area contributed by atoms with E-state index in [-0.39, 0.29) is 18.1 Å². The van der Waals surface area contributed by atoms with E-state index in [0.29, 0.717) is 11.3 Å². The molecule has 0 aliphatic carbocycles. The van der Waals surface area contributed by atoms with Crippen molar-refractivity contribution in [2.45, 2.75) is 12.8 Å². The average molecular weight is 276 g/mol. The van der Waals surface area contributed by atoms with Crippen molar-refractivity contribution in [2.24, 2.45) is 0 Å². The molecule has 106 valence electrons. The largest absolute Gasteiger partial charge is 0.341 e. The lowest BCUT2D eigenvalue weighted by molar-refractivity contribution is -0.130.